The molecule has 2 bridgehead atoms. The van der Waals surface area contributed by atoms with Gasteiger partial charge in [0.15, 0.2) is 15.7 Å². The summed E-state index contributed by atoms with van der Waals surface area (Å²) in [4.78, 5) is 28.2. The van der Waals surface area contributed by atoms with Gasteiger partial charge in [0.1, 0.15) is 0 Å². The Morgan fingerprint density at radius 3 is 2.28 bits per heavy atom. The minimum Gasteiger partial charge on any atom is -0.366 e. The van der Waals surface area contributed by atoms with Crippen molar-refractivity contribution in [2.45, 2.75) is 30.3 Å². The van der Waals surface area contributed by atoms with Gasteiger partial charge in [-0.1, -0.05) is 12.1 Å². The van der Waals surface area contributed by atoms with Crippen LogP contribution in [0.4, 0.5) is 22.0 Å². The van der Waals surface area contributed by atoms with Gasteiger partial charge >= 0.3 is 6.03 Å². The molecule has 2 aliphatic rings. The molecule has 0 saturated carbocycles. The molecule has 2 atom stereocenters. The van der Waals surface area contributed by atoms with Crippen molar-refractivity contribution < 1.29 is 13.2 Å². The summed E-state index contributed by atoms with van der Waals surface area (Å²) >= 11 is 0. The molecule has 0 unspecified atom stereocenters. The molecule has 236 valence electrons. The van der Waals surface area contributed by atoms with Gasteiger partial charge in [-0.15, -0.1) is 0 Å². The van der Waals surface area contributed by atoms with E-state index < -0.39 is 15.9 Å². The molecule has 1 saturated heterocycles. The van der Waals surface area contributed by atoms with Crippen molar-refractivity contribution in [3.8, 4) is 34.0 Å². The first-order valence-corrected chi connectivity index (χ1v) is 16.7. The Bertz CT molecular complexity index is 2010. The molecule has 46 heavy (non-hydrogen) atoms. The van der Waals surface area contributed by atoms with E-state index in [4.69, 9.17) is 15.7 Å². The second-order valence-corrected chi connectivity index (χ2v) is 13.9. The highest BCUT2D eigenvalue weighted by atomic mass is 32.2. The van der Waals surface area contributed by atoms with Crippen LogP contribution in [0.3, 0.4) is 0 Å². The molecule has 0 aliphatic carbocycles. The second kappa shape index (κ2) is 11.4. The SMILES string of the molecule is C[C@@H](N)CS(=O)(=O)c1cccc(-c2ccc3c(n2)N(C(=O)Nc2cc(-c4ccnn4C)nc(-c4ccnn4C)c2)[C@H]2CCN3C2)c1. The fourth-order valence-electron chi connectivity index (χ4n) is 6.22. The molecule has 2 amide bonds. The summed E-state index contributed by atoms with van der Waals surface area (Å²) in [5.41, 5.74) is 11.3. The topological polar surface area (TPSA) is 157 Å². The molecular formula is C32H34N10O3S. The van der Waals surface area contributed by atoms with Crippen LogP contribution in [-0.2, 0) is 23.9 Å². The van der Waals surface area contributed by atoms with Crippen molar-refractivity contribution in [1.82, 2.24) is 29.5 Å². The summed E-state index contributed by atoms with van der Waals surface area (Å²) in [6.45, 7) is 3.17. The Balaban J connectivity index is 1.25. The predicted molar refractivity (Wildman–Crippen MR) is 176 cm³/mol. The molecular weight excluding hydrogens is 604 g/mol. The van der Waals surface area contributed by atoms with Crippen molar-refractivity contribution in [2.75, 3.05) is 34.0 Å². The third-order valence-corrected chi connectivity index (χ3v) is 10.3. The van der Waals surface area contributed by atoms with Crippen LogP contribution in [0.1, 0.15) is 13.3 Å². The normalized spacial score (nSPS) is 16.4. The molecule has 14 heteroatoms. The molecule has 1 fully saturated rings. The number of hydrogen-bond acceptors (Lipinski definition) is 9. The van der Waals surface area contributed by atoms with Gasteiger partial charge in [-0.25, -0.2) is 23.2 Å². The largest absolute Gasteiger partial charge is 0.366 e. The van der Waals surface area contributed by atoms with Crippen LogP contribution >= 0.6 is 0 Å². The summed E-state index contributed by atoms with van der Waals surface area (Å²) in [6, 6.07) is 17.0. The molecule has 0 radical (unpaired) electrons. The van der Waals surface area contributed by atoms with Gasteiger partial charge in [-0.3, -0.25) is 14.3 Å². The van der Waals surface area contributed by atoms with Crippen molar-refractivity contribution in [2.24, 2.45) is 19.8 Å². The summed E-state index contributed by atoms with van der Waals surface area (Å²) in [7, 11) is 0.115. The molecule has 2 aliphatic heterocycles. The van der Waals surface area contributed by atoms with Crippen LogP contribution in [0.15, 0.2) is 78.0 Å². The number of hydrogen-bond donors (Lipinski definition) is 2. The second-order valence-electron chi connectivity index (χ2n) is 11.8. The van der Waals surface area contributed by atoms with E-state index in [1.54, 1.807) is 51.8 Å². The maximum absolute atomic E-state index is 14.2. The minimum absolute atomic E-state index is 0.0806. The van der Waals surface area contributed by atoms with Gasteiger partial charge in [0, 0.05) is 56.9 Å². The van der Waals surface area contributed by atoms with E-state index >= 15 is 0 Å². The smallest absolute Gasteiger partial charge is 0.327 e. The molecule has 0 spiro atoms. The number of carbonyl (C=O) groups is 1. The van der Waals surface area contributed by atoms with Crippen LogP contribution in [-0.4, -0.2) is 74.9 Å². The molecule has 5 aromatic rings. The first-order chi connectivity index (χ1) is 22.1. The summed E-state index contributed by atoms with van der Waals surface area (Å²) in [6.07, 6.45) is 4.20. The molecule has 4 aromatic heterocycles. The Morgan fingerprint density at radius 2 is 1.65 bits per heavy atom. The lowest BCUT2D eigenvalue weighted by Gasteiger charge is -2.36. The van der Waals surface area contributed by atoms with Gasteiger partial charge in [-0.05, 0) is 61.9 Å². The van der Waals surface area contributed by atoms with E-state index in [0.29, 0.717) is 40.7 Å². The fourth-order valence-corrected chi connectivity index (χ4v) is 7.70. The van der Waals surface area contributed by atoms with Gasteiger partial charge in [0.05, 0.1) is 50.8 Å². The molecule has 3 N–H and O–H groups in total. The minimum atomic E-state index is -3.57. The number of rotatable bonds is 7. The lowest BCUT2D eigenvalue weighted by atomic mass is 10.1. The lowest BCUT2D eigenvalue weighted by molar-refractivity contribution is 0.255. The van der Waals surface area contributed by atoms with Crippen molar-refractivity contribution >= 4 is 33.1 Å². The lowest BCUT2D eigenvalue weighted by Crippen LogP contribution is -2.48. The predicted octanol–water partition coefficient (Wildman–Crippen LogP) is 3.70. The van der Waals surface area contributed by atoms with Gasteiger partial charge < -0.3 is 16.0 Å². The van der Waals surface area contributed by atoms with Crippen molar-refractivity contribution in [3.05, 3.63) is 73.1 Å². The maximum atomic E-state index is 14.2. The molecule has 1 aromatic carbocycles. The van der Waals surface area contributed by atoms with Crippen molar-refractivity contribution in [1.29, 1.82) is 0 Å². The zero-order chi connectivity index (χ0) is 32.2. The van der Waals surface area contributed by atoms with Crippen LogP contribution in [0, 0.1) is 0 Å². The number of carbonyl (C=O) groups excluding carboxylic acids is 1. The Morgan fingerprint density at radius 1 is 0.957 bits per heavy atom. The van der Waals surface area contributed by atoms with Crippen molar-refractivity contribution in [3.63, 3.8) is 0 Å². The van der Waals surface area contributed by atoms with Gasteiger partial charge in [0.25, 0.3) is 0 Å². The third kappa shape index (κ3) is 5.39. The monoisotopic (exact) mass is 638 g/mol. The third-order valence-electron chi connectivity index (χ3n) is 8.39. The van der Waals surface area contributed by atoms with Crippen LogP contribution < -0.4 is 20.9 Å². The Hall–Kier alpha value is -5.08. The number of sulfone groups is 1. The van der Waals surface area contributed by atoms with E-state index in [9.17, 15) is 13.2 Å². The highest BCUT2D eigenvalue weighted by Gasteiger charge is 2.40. The molecule has 13 nitrogen and oxygen atoms in total. The standard InChI is InChI=1S/C32H34N10O3S/c1-20(33)19-46(44,45)24-6-4-5-21(15-24)25-7-8-30-31(38-25)42(23-11-14-41(30)18-23)32(43)36-22-16-26(28-9-12-34-39(28)2)37-27(17-22)29-10-13-35-40(29)3/h4-10,12-13,15-17,20,23H,11,14,18-19,33H2,1-3H3,(H,36,37,43)/t20-,23+/m1/s1. The number of urea groups is 1. The number of nitrogens with zero attached hydrogens (tertiary/aromatic N) is 8. The number of fused-ring (bicyclic) bond motifs is 4. The zero-order valence-electron chi connectivity index (χ0n) is 25.7. The van der Waals surface area contributed by atoms with E-state index in [0.717, 1.165) is 30.0 Å². The first-order valence-electron chi connectivity index (χ1n) is 15.0. The average Bonchev–Trinajstić information content (AvgIpc) is 3.76. The van der Waals surface area contributed by atoms with Crippen LogP contribution in [0.5, 0.6) is 0 Å². The van der Waals surface area contributed by atoms with E-state index in [-0.39, 0.29) is 22.7 Å². The Kier molecular flexibility index (Phi) is 7.32. The number of anilines is 3. The number of amides is 2. The quantitative estimate of drug-likeness (QED) is 0.271. The van der Waals surface area contributed by atoms with Crippen LogP contribution in [0.25, 0.3) is 34.0 Å². The number of nitrogens with two attached hydrogens (primary N) is 1. The first kappa shape index (κ1) is 29.6. The Labute approximate surface area is 266 Å². The van der Waals surface area contributed by atoms with E-state index in [2.05, 4.69) is 20.4 Å². The highest BCUT2D eigenvalue weighted by Crippen LogP contribution is 2.41. The van der Waals surface area contributed by atoms with E-state index in [1.807, 2.05) is 56.6 Å². The van der Waals surface area contributed by atoms with Gasteiger partial charge in [0.2, 0.25) is 0 Å². The summed E-state index contributed by atoms with van der Waals surface area (Å²) in [5.74, 6) is 0.374. The number of nitrogens with one attached hydrogen (secondary N) is 1. The average molecular weight is 639 g/mol. The summed E-state index contributed by atoms with van der Waals surface area (Å²) < 4.78 is 29.3. The molecule has 6 heterocycles. The summed E-state index contributed by atoms with van der Waals surface area (Å²) in [5, 5.41) is 11.7. The number of aryl methyl sites for hydroxylation is 2. The number of pyridine rings is 2. The number of benzene rings is 1. The van der Waals surface area contributed by atoms with Gasteiger partial charge in [-0.2, -0.15) is 10.2 Å². The van der Waals surface area contributed by atoms with E-state index in [1.165, 1.54) is 0 Å². The maximum Gasteiger partial charge on any atom is 0.327 e. The zero-order valence-corrected chi connectivity index (χ0v) is 26.5. The van der Waals surface area contributed by atoms with Crippen LogP contribution in [0.2, 0.25) is 0 Å². The highest BCUT2D eigenvalue weighted by molar-refractivity contribution is 7.91. The number of aromatic nitrogens is 6. The fraction of sp³-hybridized carbons (Fsp3) is 0.281. The molecule has 7 rings (SSSR count).